The van der Waals surface area contributed by atoms with E-state index < -0.39 is 0 Å². The van der Waals surface area contributed by atoms with E-state index >= 15 is 0 Å². The first-order valence-corrected chi connectivity index (χ1v) is 10.7. The van der Waals surface area contributed by atoms with Crippen LogP contribution in [0.25, 0.3) is 0 Å². The summed E-state index contributed by atoms with van der Waals surface area (Å²) in [7, 11) is 3.94. The molecule has 2 aromatic carbocycles. The molecular formula is C25H29N5O2. The number of rotatable bonds is 8. The maximum absolute atomic E-state index is 12.3. The minimum absolute atomic E-state index is 0.0191. The number of hydrazine groups is 1. The molecule has 1 fully saturated rings. The van der Waals surface area contributed by atoms with E-state index in [0.717, 1.165) is 17.8 Å². The van der Waals surface area contributed by atoms with Gasteiger partial charge in [0.25, 0.3) is 5.91 Å². The molecule has 1 amide bonds. The summed E-state index contributed by atoms with van der Waals surface area (Å²) in [6.45, 7) is 1.28. The molecule has 2 atom stereocenters. The molecule has 7 heteroatoms. The Balaban J connectivity index is 1.33. The fourth-order valence-electron chi connectivity index (χ4n) is 3.88. The third-order valence-corrected chi connectivity index (χ3v) is 5.62. The van der Waals surface area contributed by atoms with Gasteiger partial charge >= 0.3 is 0 Å². The fourth-order valence-corrected chi connectivity index (χ4v) is 3.88. The smallest absolute Gasteiger partial charge is 0.258 e. The Labute approximate surface area is 188 Å². The van der Waals surface area contributed by atoms with Crippen molar-refractivity contribution in [2.75, 3.05) is 32.1 Å². The third kappa shape index (κ3) is 5.43. The number of carbonyl (C=O) groups is 1. The Morgan fingerprint density at radius 1 is 1.09 bits per heavy atom. The summed E-state index contributed by atoms with van der Waals surface area (Å²) in [5.74, 6) is 0.838. The van der Waals surface area contributed by atoms with Crippen LogP contribution in [0.1, 0.15) is 28.7 Å². The average Bonchev–Trinajstić information content (AvgIpc) is 3.32. The van der Waals surface area contributed by atoms with Gasteiger partial charge in [0.05, 0.1) is 6.04 Å². The zero-order valence-corrected chi connectivity index (χ0v) is 18.4. The quantitative estimate of drug-likeness (QED) is 0.509. The minimum Gasteiger partial charge on any atom is -0.484 e. The van der Waals surface area contributed by atoms with Crippen LogP contribution >= 0.6 is 0 Å². The Bertz CT molecular complexity index is 1040. The molecule has 0 spiro atoms. The normalized spacial score (nSPS) is 17.7. The Kier molecular flexibility index (Phi) is 6.99. The van der Waals surface area contributed by atoms with Crippen LogP contribution < -0.4 is 25.8 Å². The van der Waals surface area contributed by atoms with E-state index in [1.54, 1.807) is 0 Å². The maximum atomic E-state index is 12.3. The summed E-state index contributed by atoms with van der Waals surface area (Å²) in [5, 5.41) is 2.95. The molecule has 1 aliphatic rings. The van der Waals surface area contributed by atoms with Crippen molar-refractivity contribution in [1.82, 2.24) is 21.2 Å². The largest absolute Gasteiger partial charge is 0.484 e. The van der Waals surface area contributed by atoms with Gasteiger partial charge in [-0.15, -0.1) is 0 Å². The average molecular weight is 432 g/mol. The summed E-state index contributed by atoms with van der Waals surface area (Å²) in [6, 6.07) is 20.3. The van der Waals surface area contributed by atoms with Gasteiger partial charge in [-0.2, -0.15) is 0 Å². The number of benzene rings is 2. The fraction of sp³-hybridized carbons (Fsp3) is 0.280. The van der Waals surface area contributed by atoms with Gasteiger partial charge in [-0.1, -0.05) is 30.3 Å². The van der Waals surface area contributed by atoms with Gasteiger partial charge < -0.3 is 15.0 Å². The molecule has 3 aromatic rings. The van der Waals surface area contributed by atoms with E-state index in [1.807, 2.05) is 67.8 Å². The Hall–Kier alpha value is -3.42. The first-order chi connectivity index (χ1) is 15.6. The number of carbonyl (C=O) groups excluding carboxylic acids is 1. The Morgan fingerprint density at radius 2 is 1.91 bits per heavy atom. The topological polar surface area (TPSA) is 78.5 Å². The highest BCUT2D eigenvalue weighted by Crippen LogP contribution is 2.33. The number of aromatic nitrogens is 1. The predicted octanol–water partition coefficient (Wildman–Crippen LogP) is 2.78. The van der Waals surface area contributed by atoms with Crippen LogP contribution in [0.2, 0.25) is 0 Å². The molecule has 0 aliphatic carbocycles. The standard InChI is InChI=1S/C25H29N5O2/c1-30(2)21-7-4-8-22(14-21)32-17-24(31)27-15-18-5-3-6-20(13-18)25-23(16-28-29-25)19-9-11-26-12-10-19/h3-14,23,25,28-29H,15-17H2,1-2H3,(H,27,31). The van der Waals surface area contributed by atoms with E-state index in [1.165, 1.54) is 11.1 Å². The van der Waals surface area contributed by atoms with Crippen molar-refractivity contribution < 1.29 is 9.53 Å². The summed E-state index contributed by atoms with van der Waals surface area (Å²) in [4.78, 5) is 18.4. The number of amides is 1. The maximum Gasteiger partial charge on any atom is 0.258 e. The summed E-state index contributed by atoms with van der Waals surface area (Å²) in [6.07, 6.45) is 3.66. The number of nitrogens with zero attached hydrogens (tertiary/aromatic N) is 2. The van der Waals surface area contributed by atoms with E-state index in [0.29, 0.717) is 18.2 Å². The number of hydrogen-bond donors (Lipinski definition) is 3. The van der Waals surface area contributed by atoms with Crippen molar-refractivity contribution in [1.29, 1.82) is 0 Å². The van der Waals surface area contributed by atoms with Crippen molar-refractivity contribution in [2.24, 2.45) is 0 Å². The lowest BCUT2D eigenvalue weighted by atomic mass is 9.88. The van der Waals surface area contributed by atoms with Gasteiger partial charge in [0, 0.05) is 57.3 Å². The molecule has 7 nitrogen and oxygen atoms in total. The summed E-state index contributed by atoms with van der Waals surface area (Å²) < 4.78 is 5.65. The molecule has 0 bridgehead atoms. The molecule has 0 saturated carbocycles. The lowest BCUT2D eigenvalue weighted by Gasteiger charge is -2.20. The monoisotopic (exact) mass is 431 g/mol. The van der Waals surface area contributed by atoms with Crippen LogP contribution in [-0.2, 0) is 11.3 Å². The molecule has 0 radical (unpaired) electrons. The van der Waals surface area contributed by atoms with Crippen LogP contribution in [-0.4, -0.2) is 38.1 Å². The highest BCUT2D eigenvalue weighted by Gasteiger charge is 2.29. The number of anilines is 1. The van der Waals surface area contributed by atoms with Crippen molar-refractivity contribution >= 4 is 11.6 Å². The van der Waals surface area contributed by atoms with Crippen LogP contribution in [0.3, 0.4) is 0 Å². The van der Waals surface area contributed by atoms with Crippen LogP contribution in [0.15, 0.2) is 73.1 Å². The lowest BCUT2D eigenvalue weighted by molar-refractivity contribution is -0.123. The molecule has 166 valence electrons. The van der Waals surface area contributed by atoms with Gasteiger partial charge in [0.1, 0.15) is 5.75 Å². The van der Waals surface area contributed by atoms with Crippen molar-refractivity contribution in [2.45, 2.75) is 18.5 Å². The first kappa shape index (κ1) is 21.8. The molecule has 3 N–H and O–H groups in total. The molecule has 4 rings (SSSR count). The predicted molar refractivity (Wildman–Crippen MR) is 125 cm³/mol. The molecular weight excluding hydrogens is 402 g/mol. The van der Waals surface area contributed by atoms with E-state index in [4.69, 9.17) is 4.74 Å². The number of pyridine rings is 1. The van der Waals surface area contributed by atoms with Gasteiger partial charge in [-0.25, -0.2) is 5.43 Å². The van der Waals surface area contributed by atoms with Crippen LogP contribution in [0, 0.1) is 0 Å². The Morgan fingerprint density at radius 3 is 2.72 bits per heavy atom. The van der Waals surface area contributed by atoms with Crippen molar-refractivity contribution in [3.05, 3.63) is 89.7 Å². The van der Waals surface area contributed by atoms with Crippen LogP contribution in [0.4, 0.5) is 5.69 Å². The van der Waals surface area contributed by atoms with Gasteiger partial charge in [0.15, 0.2) is 6.61 Å². The number of ether oxygens (including phenoxy) is 1. The van der Waals surface area contributed by atoms with Gasteiger partial charge in [-0.05, 0) is 41.0 Å². The van der Waals surface area contributed by atoms with Gasteiger partial charge in [0.2, 0.25) is 0 Å². The second-order valence-corrected chi connectivity index (χ2v) is 8.09. The molecule has 1 aromatic heterocycles. The number of hydrogen-bond acceptors (Lipinski definition) is 6. The third-order valence-electron chi connectivity index (χ3n) is 5.62. The van der Waals surface area contributed by atoms with E-state index in [-0.39, 0.29) is 18.6 Å². The first-order valence-electron chi connectivity index (χ1n) is 10.7. The molecule has 2 heterocycles. The second kappa shape index (κ2) is 10.3. The SMILES string of the molecule is CN(C)c1cccc(OCC(=O)NCc2cccc(C3NNCC3c3ccncc3)c2)c1. The van der Waals surface area contributed by atoms with Crippen molar-refractivity contribution in [3.63, 3.8) is 0 Å². The lowest BCUT2D eigenvalue weighted by Crippen LogP contribution is -2.28. The minimum atomic E-state index is -0.152. The highest BCUT2D eigenvalue weighted by molar-refractivity contribution is 5.77. The molecule has 1 saturated heterocycles. The molecule has 32 heavy (non-hydrogen) atoms. The second-order valence-electron chi connectivity index (χ2n) is 8.09. The summed E-state index contributed by atoms with van der Waals surface area (Å²) in [5.41, 5.74) is 11.2. The number of nitrogens with one attached hydrogen (secondary N) is 3. The van der Waals surface area contributed by atoms with E-state index in [9.17, 15) is 4.79 Å². The zero-order valence-electron chi connectivity index (χ0n) is 18.4. The zero-order chi connectivity index (χ0) is 22.3. The highest BCUT2D eigenvalue weighted by atomic mass is 16.5. The van der Waals surface area contributed by atoms with E-state index in [2.05, 4.69) is 45.4 Å². The molecule has 1 aliphatic heterocycles. The van der Waals surface area contributed by atoms with Crippen LogP contribution in [0.5, 0.6) is 5.75 Å². The molecule has 2 unspecified atom stereocenters. The summed E-state index contributed by atoms with van der Waals surface area (Å²) >= 11 is 0. The van der Waals surface area contributed by atoms with Crippen molar-refractivity contribution in [3.8, 4) is 5.75 Å². The van der Waals surface area contributed by atoms with Gasteiger partial charge in [-0.3, -0.25) is 15.2 Å².